The Bertz CT molecular complexity index is 1330. The molecular formula is C18H20N4O5S4. The highest BCUT2D eigenvalue weighted by Crippen LogP contribution is 2.32. The lowest BCUT2D eigenvalue weighted by molar-refractivity contribution is -0.119. The molecule has 1 aromatic carbocycles. The van der Waals surface area contributed by atoms with E-state index in [0.29, 0.717) is 28.2 Å². The van der Waals surface area contributed by atoms with Crippen LogP contribution in [-0.4, -0.2) is 63.0 Å². The van der Waals surface area contributed by atoms with Crippen molar-refractivity contribution in [1.82, 2.24) is 13.6 Å². The molecule has 1 aliphatic heterocycles. The molecule has 1 amide bonds. The van der Waals surface area contributed by atoms with Crippen LogP contribution in [0.2, 0.25) is 0 Å². The lowest BCUT2D eigenvalue weighted by Crippen LogP contribution is -2.42. The molecule has 9 nitrogen and oxygen atoms in total. The van der Waals surface area contributed by atoms with Gasteiger partial charge in [-0.15, -0.1) is 11.3 Å². The van der Waals surface area contributed by atoms with E-state index in [-0.39, 0.29) is 15.6 Å². The number of rotatable bonds is 6. The third-order valence-corrected chi connectivity index (χ3v) is 11.0. The molecule has 1 fully saturated rings. The second kappa shape index (κ2) is 8.22. The zero-order chi connectivity index (χ0) is 22.4. The zero-order valence-corrected chi connectivity index (χ0v) is 19.9. The number of sulfonamides is 2. The van der Waals surface area contributed by atoms with Gasteiger partial charge in [-0.1, -0.05) is 17.4 Å². The third-order valence-electron chi connectivity index (χ3n) is 4.93. The number of thiophene rings is 1. The van der Waals surface area contributed by atoms with E-state index < -0.39 is 32.0 Å². The number of fused-ring (bicyclic) bond motifs is 1. The van der Waals surface area contributed by atoms with E-state index in [1.54, 1.807) is 17.5 Å². The van der Waals surface area contributed by atoms with Crippen molar-refractivity contribution >= 4 is 64.0 Å². The van der Waals surface area contributed by atoms with E-state index in [2.05, 4.69) is 10.3 Å². The predicted molar refractivity (Wildman–Crippen MR) is 120 cm³/mol. The third kappa shape index (κ3) is 4.13. The van der Waals surface area contributed by atoms with Crippen molar-refractivity contribution in [3.05, 3.63) is 35.7 Å². The molecule has 31 heavy (non-hydrogen) atoms. The minimum Gasteiger partial charge on any atom is -0.301 e. The van der Waals surface area contributed by atoms with Crippen LogP contribution < -0.4 is 5.32 Å². The zero-order valence-electron chi connectivity index (χ0n) is 16.7. The fraction of sp³-hybridized carbons (Fsp3) is 0.333. The van der Waals surface area contributed by atoms with Gasteiger partial charge in [0.25, 0.3) is 10.0 Å². The Morgan fingerprint density at radius 1 is 1.23 bits per heavy atom. The van der Waals surface area contributed by atoms with Crippen LogP contribution in [-0.2, 0) is 24.8 Å². The first kappa shape index (κ1) is 22.3. The molecule has 1 saturated heterocycles. The summed E-state index contributed by atoms with van der Waals surface area (Å²) in [7, 11) is -4.41. The number of aromatic nitrogens is 1. The van der Waals surface area contributed by atoms with E-state index in [9.17, 15) is 21.6 Å². The van der Waals surface area contributed by atoms with Crippen LogP contribution in [0.1, 0.15) is 12.8 Å². The predicted octanol–water partition coefficient (Wildman–Crippen LogP) is 2.40. The Hall–Kier alpha value is -1.90. The van der Waals surface area contributed by atoms with Gasteiger partial charge in [0.05, 0.1) is 15.1 Å². The first-order chi connectivity index (χ1) is 14.6. The Kier molecular flexibility index (Phi) is 5.91. The maximum absolute atomic E-state index is 12.9. The van der Waals surface area contributed by atoms with Crippen LogP contribution in [0.5, 0.6) is 0 Å². The van der Waals surface area contributed by atoms with Crippen molar-refractivity contribution in [2.45, 2.75) is 28.0 Å². The van der Waals surface area contributed by atoms with Gasteiger partial charge in [0.2, 0.25) is 15.9 Å². The summed E-state index contributed by atoms with van der Waals surface area (Å²) in [6, 6.07) is 6.94. The van der Waals surface area contributed by atoms with Gasteiger partial charge in [-0.3, -0.25) is 4.79 Å². The molecule has 0 aliphatic carbocycles. The Labute approximate surface area is 188 Å². The van der Waals surface area contributed by atoms with Crippen LogP contribution >= 0.6 is 22.7 Å². The number of nitrogens with zero attached hydrogens (tertiary/aromatic N) is 3. The summed E-state index contributed by atoms with van der Waals surface area (Å²) in [5.41, 5.74) is 0.549. The molecule has 0 radical (unpaired) electrons. The Morgan fingerprint density at radius 2 is 2.00 bits per heavy atom. The lowest BCUT2D eigenvalue weighted by Gasteiger charge is -2.22. The second-order valence-corrected chi connectivity index (χ2v) is 13.4. The van der Waals surface area contributed by atoms with Crippen molar-refractivity contribution in [2.75, 3.05) is 26.0 Å². The second-order valence-electron chi connectivity index (χ2n) is 7.13. The number of hydrogen-bond donors (Lipinski definition) is 1. The largest absolute Gasteiger partial charge is 0.301 e. The smallest absolute Gasteiger partial charge is 0.253 e. The number of benzene rings is 1. The van der Waals surface area contributed by atoms with Crippen LogP contribution in [0.4, 0.5) is 5.13 Å². The average molecular weight is 501 g/mol. The number of anilines is 1. The number of carbonyl (C=O) groups is 1. The summed E-state index contributed by atoms with van der Waals surface area (Å²) in [6.07, 6.45) is 1.01. The summed E-state index contributed by atoms with van der Waals surface area (Å²) in [4.78, 5) is 17.4. The molecule has 1 aliphatic rings. The van der Waals surface area contributed by atoms with Gasteiger partial charge in [-0.2, -0.15) is 4.31 Å². The maximum atomic E-state index is 12.9. The molecule has 3 heterocycles. The highest BCUT2D eigenvalue weighted by atomic mass is 32.2. The lowest BCUT2D eigenvalue weighted by atomic mass is 10.2. The first-order valence-electron chi connectivity index (χ1n) is 9.30. The highest BCUT2D eigenvalue weighted by Gasteiger charge is 2.40. The molecule has 166 valence electrons. The summed E-state index contributed by atoms with van der Waals surface area (Å²) >= 11 is 2.26. The molecular weight excluding hydrogens is 480 g/mol. The molecule has 0 spiro atoms. The van der Waals surface area contributed by atoms with Gasteiger partial charge >= 0.3 is 0 Å². The normalized spacial score (nSPS) is 18.1. The van der Waals surface area contributed by atoms with Gasteiger partial charge < -0.3 is 5.32 Å². The molecule has 3 aromatic rings. The van der Waals surface area contributed by atoms with Gasteiger partial charge in [-0.25, -0.2) is 26.1 Å². The molecule has 13 heteroatoms. The van der Waals surface area contributed by atoms with Gasteiger partial charge in [0.15, 0.2) is 5.13 Å². The van der Waals surface area contributed by atoms with E-state index in [1.165, 1.54) is 36.6 Å². The van der Waals surface area contributed by atoms with Crippen molar-refractivity contribution < 1.29 is 21.6 Å². The van der Waals surface area contributed by atoms with E-state index in [1.807, 2.05) is 0 Å². The quantitative estimate of drug-likeness (QED) is 0.556. The van der Waals surface area contributed by atoms with Crippen molar-refractivity contribution in [2.24, 2.45) is 0 Å². The minimum absolute atomic E-state index is 0.135. The monoisotopic (exact) mass is 500 g/mol. The van der Waals surface area contributed by atoms with Crippen molar-refractivity contribution in [3.8, 4) is 0 Å². The fourth-order valence-corrected chi connectivity index (χ4v) is 8.02. The summed E-state index contributed by atoms with van der Waals surface area (Å²) in [6.45, 7) is 0.282. The van der Waals surface area contributed by atoms with Crippen LogP contribution in [0.15, 0.2) is 44.8 Å². The molecule has 1 atom stereocenters. The minimum atomic E-state index is -3.73. The standard InChI is InChI=1S/C18H20N4O5S4/c1-21(2)30(24,25)12-7-8-13-15(11-12)29-18(19-13)20-17(23)14-5-3-9-22(14)31(26,27)16-6-4-10-28-16/h4,6-8,10-11,14H,3,5,9H2,1-2H3,(H,19,20,23). The summed E-state index contributed by atoms with van der Waals surface area (Å²) in [5, 5.41) is 4.68. The van der Waals surface area contributed by atoms with Crippen LogP contribution in [0.25, 0.3) is 10.2 Å². The fourth-order valence-electron chi connectivity index (χ4n) is 3.33. The van der Waals surface area contributed by atoms with Crippen molar-refractivity contribution in [3.63, 3.8) is 0 Å². The van der Waals surface area contributed by atoms with Crippen molar-refractivity contribution in [1.29, 1.82) is 0 Å². The number of hydrogen-bond acceptors (Lipinski definition) is 8. The van der Waals surface area contributed by atoms with E-state index in [4.69, 9.17) is 0 Å². The Balaban J connectivity index is 1.57. The molecule has 0 saturated carbocycles. The topological polar surface area (TPSA) is 117 Å². The molecule has 2 aromatic heterocycles. The molecule has 4 rings (SSSR count). The molecule has 1 N–H and O–H groups in total. The summed E-state index contributed by atoms with van der Waals surface area (Å²) < 4.78 is 53.6. The first-order valence-corrected chi connectivity index (χ1v) is 13.9. The van der Waals surface area contributed by atoms with E-state index >= 15 is 0 Å². The van der Waals surface area contributed by atoms with Gasteiger partial charge in [-0.05, 0) is 42.5 Å². The van der Waals surface area contributed by atoms with Crippen LogP contribution in [0, 0.1) is 0 Å². The van der Waals surface area contributed by atoms with E-state index in [0.717, 1.165) is 27.0 Å². The average Bonchev–Trinajstić information content (AvgIpc) is 3.46. The molecule has 1 unspecified atom stereocenters. The SMILES string of the molecule is CN(C)S(=O)(=O)c1ccc2nc(NC(=O)C3CCCN3S(=O)(=O)c3cccs3)sc2c1. The Morgan fingerprint density at radius 3 is 2.68 bits per heavy atom. The summed E-state index contributed by atoms with van der Waals surface area (Å²) in [5.74, 6) is -0.446. The molecule has 0 bridgehead atoms. The van der Waals surface area contributed by atoms with Crippen LogP contribution in [0.3, 0.4) is 0 Å². The number of nitrogens with one attached hydrogen (secondary N) is 1. The maximum Gasteiger partial charge on any atom is 0.253 e. The van der Waals surface area contributed by atoms with Gasteiger partial charge in [0.1, 0.15) is 10.3 Å². The number of carbonyl (C=O) groups excluding carboxylic acids is 1. The van der Waals surface area contributed by atoms with Gasteiger partial charge in [0, 0.05) is 20.6 Å². The highest BCUT2D eigenvalue weighted by molar-refractivity contribution is 7.91. The number of thiazole rings is 1. The number of amides is 1.